The van der Waals surface area contributed by atoms with Crippen molar-refractivity contribution in [2.75, 3.05) is 0 Å². The van der Waals surface area contributed by atoms with Gasteiger partial charge in [-0.3, -0.25) is 9.59 Å². The second-order valence-electron chi connectivity index (χ2n) is 7.38. The van der Waals surface area contributed by atoms with Gasteiger partial charge in [0.25, 0.3) is 0 Å². The number of carboxylic acid groups (broad SMARTS) is 2. The van der Waals surface area contributed by atoms with Crippen LogP contribution < -0.4 is 5.32 Å². The standard InChI is InChI=1S/C21H39NO5/c1-2-15-18(21(26)27)22-19(23)16-13-11-9-7-5-3-4-6-8-10-12-14-17-20(24)25/h18H,2-17H2,1H3,(H,22,23)(H,24,25)(H,26,27). The van der Waals surface area contributed by atoms with Crippen molar-refractivity contribution in [1.82, 2.24) is 5.32 Å². The van der Waals surface area contributed by atoms with Gasteiger partial charge in [0.1, 0.15) is 6.04 Å². The number of hydrogen-bond donors (Lipinski definition) is 3. The molecule has 6 heteroatoms. The molecule has 0 heterocycles. The molecule has 158 valence electrons. The van der Waals surface area contributed by atoms with E-state index in [-0.39, 0.29) is 5.91 Å². The molecule has 0 aliphatic rings. The highest BCUT2D eigenvalue weighted by molar-refractivity contribution is 5.83. The van der Waals surface area contributed by atoms with Gasteiger partial charge in [-0.25, -0.2) is 4.79 Å². The normalized spacial score (nSPS) is 11.9. The third-order valence-corrected chi connectivity index (χ3v) is 4.76. The fraction of sp³-hybridized carbons (Fsp3) is 0.857. The SMILES string of the molecule is CCCC(NC(=O)CCCCCCCCCCCCCCC(=O)O)C(=O)O. The number of unbranched alkanes of at least 4 members (excludes halogenated alkanes) is 11. The highest BCUT2D eigenvalue weighted by Gasteiger charge is 2.18. The molecular weight excluding hydrogens is 346 g/mol. The summed E-state index contributed by atoms with van der Waals surface area (Å²) in [6, 6.07) is -0.750. The van der Waals surface area contributed by atoms with Crippen molar-refractivity contribution in [3.63, 3.8) is 0 Å². The van der Waals surface area contributed by atoms with Crippen LogP contribution in [0.25, 0.3) is 0 Å². The van der Waals surface area contributed by atoms with Crippen LogP contribution in [0.1, 0.15) is 110 Å². The Morgan fingerprint density at radius 2 is 1.11 bits per heavy atom. The quantitative estimate of drug-likeness (QED) is 0.274. The maximum absolute atomic E-state index is 11.8. The van der Waals surface area contributed by atoms with Gasteiger partial charge < -0.3 is 15.5 Å². The lowest BCUT2D eigenvalue weighted by atomic mass is 10.0. The summed E-state index contributed by atoms with van der Waals surface area (Å²) in [4.78, 5) is 33.1. The van der Waals surface area contributed by atoms with E-state index in [0.29, 0.717) is 19.3 Å². The Bertz CT molecular complexity index is 411. The van der Waals surface area contributed by atoms with Crippen LogP contribution in [0.3, 0.4) is 0 Å². The summed E-state index contributed by atoms with van der Waals surface area (Å²) in [6.07, 6.45) is 15.2. The van der Waals surface area contributed by atoms with Crippen LogP contribution in [0.4, 0.5) is 0 Å². The van der Waals surface area contributed by atoms with Gasteiger partial charge in [-0.05, 0) is 19.3 Å². The first kappa shape index (κ1) is 25.4. The van der Waals surface area contributed by atoms with E-state index in [1.165, 1.54) is 38.5 Å². The van der Waals surface area contributed by atoms with Crippen LogP contribution >= 0.6 is 0 Å². The molecule has 0 fully saturated rings. The highest BCUT2D eigenvalue weighted by atomic mass is 16.4. The molecule has 1 atom stereocenters. The molecule has 0 aromatic carbocycles. The largest absolute Gasteiger partial charge is 0.481 e. The predicted octanol–water partition coefficient (Wildman–Crippen LogP) is 4.90. The van der Waals surface area contributed by atoms with Crippen molar-refractivity contribution in [1.29, 1.82) is 0 Å². The van der Waals surface area contributed by atoms with Crippen molar-refractivity contribution in [3.8, 4) is 0 Å². The van der Waals surface area contributed by atoms with E-state index < -0.39 is 18.0 Å². The van der Waals surface area contributed by atoms with Crippen LogP contribution in [-0.2, 0) is 14.4 Å². The first-order valence-corrected chi connectivity index (χ1v) is 10.7. The Hall–Kier alpha value is -1.59. The summed E-state index contributed by atoms with van der Waals surface area (Å²) in [5, 5.41) is 20.2. The van der Waals surface area contributed by atoms with Crippen molar-refractivity contribution < 1.29 is 24.6 Å². The van der Waals surface area contributed by atoms with E-state index in [2.05, 4.69) is 5.32 Å². The van der Waals surface area contributed by atoms with Crippen molar-refractivity contribution in [2.45, 2.75) is 116 Å². The number of hydrogen-bond acceptors (Lipinski definition) is 3. The maximum atomic E-state index is 11.8. The second kappa shape index (κ2) is 17.8. The number of carbonyl (C=O) groups is 3. The lowest BCUT2D eigenvalue weighted by Gasteiger charge is -2.13. The Labute approximate surface area is 164 Å². The Morgan fingerprint density at radius 3 is 1.48 bits per heavy atom. The lowest BCUT2D eigenvalue weighted by Crippen LogP contribution is -2.40. The molecule has 0 rings (SSSR count). The van der Waals surface area contributed by atoms with Crippen molar-refractivity contribution in [2.24, 2.45) is 0 Å². The minimum absolute atomic E-state index is 0.154. The molecule has 0 aliphatic carbocycles. The van der Waals surface area contributed by atoms with Gasteiger partial charge in [-0.1, -0.05) is 77.6 Å². The lowest BCUT2D eigenvalue weighted by molar-refractivity contribution is -0.142. The number of amides is 1. The fourth-order valence-corrected chi connectivity index (χ4v) is 3.14. The number of carboxylic acids is 2. The average Bonchev–Trinajstić information content (AvgIpc) is 2.61. The van der Waals surface area contributed by atoms with Crippen LogP contribution in [0.2, 0.25) is 0 Å². The van der Waals surface area contributed by atoms with E-state index in [1.54, 1.807) is 0 Å². The summed E-state index contributed by atoms with van der Waals surface area (Å²) in [7, 11) is 0. The summed E-state index contributed by atoms with van der Waals surface area (Å²) in [5.74, 6) is -1.80. The molecule has 27 heavy (non-hydrogen) atoms. The number of nitrogens with one attached hydrogen (secondary N) is 1. The van der Waals surface area contributed by atoms with Gasteiger partial charge in [-0.15, -0.1) is 0 Å². The predicted molar refractivity (Wildman–Crippen MR) is 107 cm³/mol. The van der Waals surface area contributed by atoms with E-state index in [0.717, 1.165) is 44.9 Å². The van der Waals surface area contributed by atoms with Crippen molar-refractivity contribution >= 4 is 17.8 Å². The van der Waals surface area contributed by atoms with E-state index in [4.69, 9.17) is 10.2 Å². The van der Waals surface area contributed by atoms with Crippen LogP contribution in [-0.4, -0.2) is 34.1 Å². The zero-order chi connectivity index (χ0) is 20.3. The Balaban J connectivity index is 3.36. The molecule has 6 nitrogen and oxygen atoms in total. The first-order valence-electron chi connectivity index (χ1n) is 10.7. The molecule has 0 radical (unpaired) electrons. The maximum Gasteiger partial charge on any atom is 0.326 e. The Morgan fingerprint density at radius 1 is 0.704 bits per heavy atom. The molecule has 0 aromatic rings. The third-order valence-electron chi connectivity index (χ3n) is 4.76. The third kappa shape index (κ3) is 17.6. The zero-order valence-electron chi connectivity index (χ0n) is 17.0. The van der Waals surface area contributed by atoms with E-state index >= 15 is 0 Å². The summed E-state index contributed by atoms with van der Waals surface area (Å²) in [6.45, 7) is 1.91. The smallest absolute Gasteiger partial charge is 0.326 e. The molecule has 0 aromatic heterocycles. The first-order chi connectivity index (χ1) is 13.0. The molecule has 1 amide bonds. The molecule has 0 aliphatic heterocycles. The van der Waals surface area contributed by atoms with Crippen molar-refractivity contribution in [3.05, 3.63) is 0 Å². The van der Waals surface area contributed by atoms with E-state index in [9.17, 15) is 14.4 Å². The summed E-state index contributed by atoms with van der Waals surface area (Å²) >= 11 is 0. The summed E-state index contributed by atoms with van der Waals surface area (Å²) < 4.78 is 0. The highest BCUT2D eigenvalue weighted by Crippen LogP contribution is 2.13. The second-order valence-corrected chi connectivity index (χ2v) is 7.38. The van der Waals surface area contributed by atoms with Gasteiger partial charge in [0.15, 0.2) is 0 Å². The number of aliphatic carboxylic acids is 2. The average molecular weight is 386 g/mol. The topological polar surface area (TPSA) is 104 Å². The molecule has 3 N–H and O–H groups in total. The molecule has 0 bridgehead atoms. The van der Waals surface area contributed by atoms with Gasteiger partial charge in [0, 0.05) is 12.8 Å². The molecule has 0 saturated heterocycles. The number of carbonyl (C=O) groups excluding carboxylic acids is 1. The van der Waals surface area contributed by atoms with Gasteiger partial charge in [0.05, 0.1) is 0 Å². The van der Waals surface area contributed by atoms with Gasteiger partial charge >= 0.3 is 11.9 Å². The molecule has 1 unspecified atom stereocenters. The molecule has 0 saturated carbocycles. The summed E-state index contributed by atoms with van der Waals surface area (Å²) in [5.41, 5.74) is 0. The minimum Gasteiger partial charge on any atom is -0.481 e. The van der Waals surface area contributed by atoms with Crippen LogP contribution in [0.5, 0.6) is 0 Å². The number of rotatable bonds is 19. The molecular formula is C21H39NO5. The van der Waals surface area contributed by atoms with E-state index in [1.807, 2.05) is 6.92 Å². The van der Waals surface area contributed by atoms with Gasteiger partial charge in [0.2, 0.25) is 5.91 Å². The minimum atomic E-state index is -0.953. The van der Waals surface area contributed by atoms with Crippen LogP contribution in [0.15, 0.2) is 0 Å². The van der Waals surface area contributed by atoms with Crippen LogP contribution in [0, 0.1) is 0 Å². The Kier molecular flexibility index (Phi) is 16.8. The fourth-order valence-electron chi connectivity index (χ4n) is 3.14. The monoisotopic (exact) mass is 385 g/mol. The van der Waals surface area contributed by atoms with Gasteiger partial charge in [-0.2, -0.15) is 0 Å². The zero-order valence-corrected chi connectivity index (χ0v) is 17.0. The molecule has 0 spiro atoms.